The fraction of sp³-hybridized carbons (Fsp3) is 0.562. The monoisotopic (exact) mass is 296 g/mol. The molecule has 1 aromatic carbocycles. The third-order valence-electron chi connectivity index (χ3n) is 4.46. The number of hydrogen-bond donors (Lipinski definition) is 2. The van der Waals surface area contributed by atoms with Crippen LogP contribution in [0.1, 0.15) is 50.6 Å². The molecule has 0 aliphatic heterocycles. The Kier molecular flexibility index (Phi) is 4.93. The highest BCUT2D eigenvalue weighted by Crippen LogP contribution is 2.36. The summed E-state index contributed by atoms with van der Waals surface area (Å²) < 4.78 is 27.5. The van der Waals surface area contributed by atoms with Crippen LogP contribution in [-0.2, 0) is 4.79 Å². The molecule has 2 rings (SSSR count). The molecule has 3 nitrogen and oxygen atoms in total. The van der Waals surface area contributed by atoms with E-state index in [2.05, 4.69) is 5.32 Å². The lowest BCUT2D eigenvalue weighted by atomic mass is 9.73. The number of nitrogens with two attached hydrogens (primary N) is 1. The summed E-state index contributed by atoms with van der Waals surface area (Å²) in [6.45, 7) is 1.86. The average molecular weight is 296 g/mol. The van der Waals surface area contributed by atoms with Crippen molar-refractivity contribution >= 4 is 5.91 Å². The fourth-order valence-electron chi connectivity index (χ4n) is 3.10. The van der Waals surface area contributed by atoms with Crippen LogP contribution in [0.4, 0.5) is 8.78 Å². The zero-order chi connectivity index (χ0) is 15.5. The van der Waals surface area contributed by atoms with Crippen molar-refractivity contribution in [2.75, 3.05) is 6.54 Å². The molecule has 1 unspecified atom stereocenters. The number of carbonyl (C=O) groups excluding carboxylic acids is 1. The molecule has 1 saturated carbocycles. The highest BCUT2D eigenvalue weighted by molar-refractivity contribution is 5.83. The molecule has 3 N–H and O–H groups in total. The van der Waals surface area contributed by atoms with E-state index < -0.39 is 23.1 Å². The second-order valence-corrected chi connectivity index (χ2v) is 5.88. The molecule has 1 atom stereocenters. The van der Waals surface area contributed by atoms with Crippen LogP contribution in [0.2, 0.25) is 0 Å². The van der Waals surface area contributed by atoms with Gasteiger partial charge < -0.3 is 11.1 Å². The zero-order valence-corrected chi connectivity index (χ0v) is 12.3. The second-order valence-electron chi connectivity index (χ2n) is 5.88. The van der Waals surface area contributed by atoms with Crippen LogP contribution in [-0.4, -0.2) is 12.5 Å². The van der Waals surface area contributed by atoms with Crippen LogP contribution in [0.15, 0.2) is 18.2 Å². The van der Waals surface area contributed by atoms with Gasteiger partial charge in [0, 0.05) is 12.1 Å². The Balaban J connectivity index is 2.15. The van der Waals surface area contributed by atoms with Crippen LogP contribution in [0.25, 0.3) is 0 Å². The molecular formula is C16H22F2N2O. The molecule has 1 aliphatic rings. The first-order valence-electron chi connectivity index (χ1n) is 7.45. The van der Waals surface area contributed by atoms with Crippen molar-refractivity contribution in [3.05, 3.63) is 35.4 Å². The van der Waals surface area contributed by atoms with Gasteiger partial charge in [0.05, 0.1) is 11.5 Å². The van der Waals surface area contributed by atoms with Gasteiger partial charge in [-0.1, -0.05) is 25.3 Å². The Morgan fingerprint density at radius 1 is 1.29 bits per heavy atom. The molecule has 0 saturated heterocycles. The number of benzene rings is 1. The van der Waals surface area contributed by atoms with Gasteiger partial charge in [0.2, 0.25) is 5.91 Å². The van der Waals surface area contributed by atoms with Crippen molar-refractivity contribution in [1.29, 1.82) is 0 Å². The lowest BCUT2D eigenvalue weighted by Gasteiger charge is -2.35. The maximum absolute atomic E-state index is 13.8. The number of nitrogens with one attached hydrogen (secondary N) is 1. The largest absolute Gasteiger partial charge is 0.349 e. The maximum atomic E-state index is 13.8. The minimum absolute atomic E-state index is 0.103. The van der Waals surface area contributed by atoms with Gasteiger partial charge in [0.15, 0.2) is 0 Å². The lowest BCUT2D eigenvalue weighted by molar-refractivity contribution is -0.133. The molecule has 21 heavy (non-hydrogen) atoms. The summed E-state index contributed by atoms with van der Waals surface area (Å²) in [5, 5.41) is 2.74. The molecule has 5 heteroatoms. The molecule has 0 heterocycles. The lowest BCUT2D eigenvalue weighted by Crippen LogP contribution is -2.47. The summed E-state index contributed by atoms with van der Waals surface area (Å²) in [6.07, 6.45) is 4.51. The molecular weight excluding hydrogens is 274 g/mol. The van der Waals surface area contributed by atoms with E-state index in [1.165, 1.54) is 18.2 Å². The topological polar surface area (TPSA) is 55.1 Å². The molecule has 0 spiro atoms. The van der Waals surface area contributed by atoms with Crippen LogP contribution in [0.3, 0.4) is 0 Å². The average Bonchev–Trinajstić information content (AvgIpc) is 2.47. The molecule has 0 bridgehead atoms. The maximum Gasteiger partial charge on any atom is 0.227 e. The summed E-state index contributed by atoms with van der Waals surface area (Å²) >= 11 is 0. The highest BCUT2D eigenvalue weighted by atomic mass is 19.1. The number of amides is 1. The van der Waals surface area contributed by atoms with Gasteiger partial charge in [-0.2, -0.15) is 0 Å². The van der Waals surface area contributed by atoms with E-state index in [1.54, 1.807) is 6.92 Å². The van der Waals surface area contributed by atoms with Gasteiger partial charge in [0.25, 0.3) is 0 Å². The van der Waals surface area contributed by atoms with Crippen LogP contribution < -0.4 is 11.1 Å². The van der Waals surface area contributed by atoms with E-state index >= 15 is 0 Å². The van der Waals surface area contributed by atoms with Crippen molar-refractivity contribution in [2.45, 2.75) is 45.1 Å². The first kappa shape index (κ1) is 15.9. The zero-order valence-electron chi connectivity index (χ0n) is 12.3. The first-order valence-corrected chi connectivity index (χ1v) is 7.45. The van der Waals surface area contributed by atoms with E-state index in [-0.39, 0.29) is 18.0 Å². The fourth-order valence-corrected chi connectivity index (χ4v) is 3.10. The van der Waals surface area contributed by atoms with Crippen LogP contribution >= 0.6 is 0 Å². The molecule has 0 radical (unpaired) electrons. The van der Waals surface area contributed by atoms with E-state index in [9.17, 15) is 13.6 Å². The predicted octanol–water partition coefficient (Wildman–Crippen LogP) is 3.05. The van der Waals surface area contributed by atoms with E-state index in [0.717, 1.165) is 32.1 Å². The van der Waals surface area contributed by atoms with E-state index in [4.69, 9.17) is 5.73 Å². The van der Waals surface area contributed by atoms with Crippen molar-refractivity contribution in [1.82, 2.24) is 5.32 Å². The summed E-state index contributed by atoms with van der Waals surface area (Å²) in [5.41, 5.74) is 5.11. The van der Waals surface area contributed by atoms with Crippen molar-refractivity contribution < 1.29 is 13.6 Å². The summed E-state index contributed by atoms with van der Waals surface area (Å²) in [7, 11) is 0. The molecule has 1 amide bonds. The Labute approximate surface area is 123 Å². The Bertz CT molecular complexity index is 493. The normalized spacial score (nSPS) is 19.0. The highest BCUT2D eigenvalue weighted by Gasteiger charge is 2.39. The Hall–Kier alpha value is -1.49. The van der Waals surface area contributed by atoms with Gasteiger partial charge in [-0.25, -0.2) is 8.78 Å². The number of rotatable bonds is 4. The molecule has 1 fully saturated rings. The molecule has 0 aromatic heterocycles. The second kappa shape index (κ2) is 6.52. The minimum Gasteiger partial charge on any atom is -0.349 e. The summed E-state index contributed by atoms with van der Waals surface area (Å²) in [4.78, 5) is 12.5. The van der Waals surface area contributed by atoms with Gasteiger partial charge in [0.1, 0.15) is 11.6 Å². The van der Waals surface area contributed by atoms with Crippen molar-refractivity contribution in [2.24, 2.45) is 11.1 Å². The van der Waals surface area contributed by atoms with Crippen LogP contribution in [0.5, 0.6) is 0 Å². The number of hydrogen-bond acceptors (Lipinski definition) is 2. The predicted molar refractivity (Wildman–Crippen MR) is 77.5 cm³/mol. The van der Waals surface area contributed by atoms with Gasteiger partial charge >= 0.3 is 0 Å². The summed E-state index contributed by atoms with van der Waals surface area (Å²) in [5.74, 6) is -1.48. The van der Waals surface area contributed by atoms with Gasteiger partial charge in [-0.05, 0) is 31.9 Å². The Morgan fingerprint density at radius 3 is 2.38 bits per heavy atom. The molecule has 116 valence electrons. The van der Waals surface area contributed by atoms with E-state index in [0.29, 0.717) is 0 Å². The standard InChI is InChI=1S/C16H22F2N2O/c1-11(14-12(17)6-5-7-13(14)18)20-15(21)16(10-19)8-3-2-4-9-16/h5-7,11H,2-4,8-10,19H2,1H3,(H,20,21). The SMILES string of the molecule is CC(NC(=O)C1(CN)CCCCC1)c1c(F)cccc1F. The van der Waals surface area contributed by atoms with Gasteiger partial charge in [-0.3, -0.25) is 4.79 Å². The summed E-state index contributed by atoms with van der Waals surface area (Å²) in [6, 6.07) is 2.98. The third kappa shape index (κ3) is 3.23. The van der Waals surface area contributed by atoms with Crippen molar-refractivity contribution in [3.8, 4) is 0 Å². The Morgan fingerprint density at radius 2 is 1.86 bits per heavy atom. The number of carbonyl (C=O) groups is 1. The van der Waals surface area contributed by atoms with Gasteiger partial charge in [-0.15, -0.1) is 0 Å². The molecule has 1 aliphatic carbocycles. The van der Waals surface area contributed by atoms with E-state index in [1.807, 2.05) is 0 Å². The smallest absolute Gasteiger partial charge is 0.227 e. The minimum atomic E-state index is -0.718. The molecule has 1 aromatic rings. The quantitative estimate of drug-likeness (QED) is 0.897. The first-order chi connectivity index (χ1) is 10.00. The van der Waals surface area contributed by atoms with Crippen molar-refractivity contribution in [3.63, 3.8) is 0 Å². The van der Waals surface area contributed by atoms with Crippen LogP contribution in [0, 0.1) is 17.0 Å². The number of halogens is 2. The third-order valence-corrected chi connectivity index (χ3v) is 4.46.